The summed E-state index contributed by atoms with van der Waals surface area (Å²) in [6.07, 6.45) is 0. The summed E-state index contributed by atoms with van der Waals surface area (Å²) in [6, 6.07) is 2.09. The summed E-state index contributed by atoms with van der Waals surface area (Å²) in [5.74, 6) is -1.43. The maximum atomic E-state index is 11.2. The highest BCUT2D eigenvalue weighted by Crippen LogP contribution is 2.40. The van der Waals surface area contributed by atoms with Crippen molar-refractivity contribution in [1.29, 1.82) is 0 Å². The van der Waals surface area contributed by atoms with Crippen molar-refractivity contribution < 1.29 is 19.6 Å². The lowest BCUT2D eigenvalue weighted by molar-refractivity contribution is -0.384. The Labute approximate surface area is 111 Å². The molecule has 0 saturated heterocycles. The zero-order valence-corrected chi connectivity index (χ0v) is 10.2. The Morgan fingerprint density at radius 1 is 1.50 bits per heavy atom. The number of nitro benzene ring substituents is 1. The summed E-state index contributed by atoms with van der Waals surface area (Å²) in [4.78, 5) is 21.4. The third-order valence-electron chi connectivity index (χ3n) is 2.53. The Kier molecular flexibility index (Phi) is 3.21. The standard InChI is InChI=1S/C10H9N5O5/c1-20-6-3-4(15(18)19)2-5(9(6)16)7-8(10(11)17)13-14-12-7/h2-3,16H,1H3,(H2,11,17)(H,12,13,14). The predicted octanol–water partition coefficient (Wildman–Crippen LogP) is 0.193. The van der Waals surface area contributed by atoms with E-state index in [1.54, 1.807) is 0 Å². The Hall–Kier alpha value is -3.17. The number of rotatable bonds is 4. The van der Waals surface area contributed by atoms with Crippen LogP contribution in [0, 0.1) is 10.1 Å². The van der Waals surface area contributed by atoms with Crippen molar-refractivity contribution in [3.8, 4) is 22.8 Å². The van der Waals surface area contributed by atoms with Crippen LogP contribution < -0.4 is 10.5 Å². The third kappa shape index (κ3) is 2.09. The van der Waals surface area contributed by atoms with E-state index in [1.807, 2.05) is 0 Å². The van der Waals surface area contributed by atoms with E-state index in [-0.39, 0.29) is 28.4 Å². The Morgan fingerprint density at radius 2 is 2.20 bits per heavy atom. The number of aromatic hydroxyl groups is 1. The summed E-state index contributed by atoms with van der Waals surface area (Å²) in [6.45, 7) is 0. The van der Waals surface area contributed by atoms with Crippen molar-refractivity contribution in [3.05, 3.63) is 27.9 Å². The number of carbonyl (C=O) groups is 1. The number of non-ortho nitro benzene ring substituents is 1. The van der Waals surface area contributed by atoms with Gasteiger partial charge in [0.15, 0.2) is 17.2 Å². The smallest absolute Gasteiger partial charge is 0.274 e. The van der Waals surface area contributed by atoms with Crippen LogP contribution in [0.2, 0.25) is 0 Å². The fourth-order valence-electron chi connectivity index (χ4n) is 1.63. The van der Waals surface area contributed by atoms with Gasteiger partial charge in [-0.15, -0.1) is 0 Å². The molecule has 0 aliphatic carbocycles. The van der Waals surface area contributed by atoms with Gasteiger partial charge in [-0.05, 0) is 0 Å². The summed E-state index contributed by atoms with van der Waals surface area (Å²) in [7, 11) is 1.24. The largest absolute Gasteiger partial charge is 0.504 e. The van der Waals surface area contributed by atoms with Gasteiger partial charge in [0.05, 0.1) is 23.7 Å². The molecule has 1 amide bonds. The van der Waals surface area contributed by atoms with Gasteiger partial charge in [0.1, 0.15) is 5.69 Å². The van der Waals surface area contributed by atoms with Crippen LogP contribution in [0.4, 0.5) is 5.69 Å². The summed E-state index contributed by atoms with van der Waals surface area (Å²) >= 11 is 0. The molecule has 0 saturated carbocycles. The number of hydrogen-bond donors (Lipinski definition) is 3. The van der Waals surface area contributed by atoms with Crippen molar-refractivity contribution >= 4 is 11.6 Å². The SMILES string of the molecule is COc1cc([N+](=O)[O-])cc(-c2n[nH]nc2C(N)=O)c1O. The molecule has 10 heteroatoms. The van der Waals surface area contributed by atoms with Gasteiger partial charge in [0, 0.05) is 6.07 Å². The molecule has 0 aliphatic rings. The van der Waals surface area contributed by atoms with Gasteiger partial charge in [-0.3, -0.25) is 14.9 Å². The number of carbonyl (C=O) groups excluding carboxylic acids is 1. The molecular formula is C10H9N5O5. The number of aromatic nitrogens is 3. The van der Waals surface area contributed by atoms with Crippen LogP contribution in [-0.2, 0) is 0 Å². The molecule has 1 heterocycles. The van der Waals surface area contributed by atoms with E-state index in [9.17, 15) is 20.0 Å². The van der Waals surface area contributed by atoms with E-state index >= 15 is 0 Å². The van der Waals surface area contributed by atoms with Gasteiger partial charge in [-0.1, -0.05) is 0 Å². The number of primary amides is 1. The molecule has 104 valence electrons. The minimum Gasteiger partial charge on any atom is -0.504 e. The number of methoxy groups -OCH3 is 1. The zero-order chi connectivity index (χ0) is 14.9. The zero-order valence-electron chi connectivity index (χ0n) is 10.2. The average molecular weight is 279 g/mol. The maximum absolute atomic E-state index is 11.2. The highest BCUT2D eigenvalue weighted by molar-refractivity contribution is 5.97. The van der Waals surface area contributed by atoms with Crippen LogP contribution in [0.15, 0.2) is 12.1 Å². The maximum Gasteiger partial charge on any atom is 0.274 e. The van der Waals surface area contributed by atoms with E-state index in [1.165, 1.54) is 7.11 Å². The summed E-state index contributed by atoms with van der Waals surface area (Å²) in [5.41, 5.74) is 4.33. The molecule has 0 fully saturated rings. The van der Waals surface area contributed by atoms with Gasteiger partial charge >= 0.3 is 0 Å². The molecular weight excluding hydrogens is 270 g/mol. The molecule has 0 atom stereocenters. The molecule has 1 aromatic carbocycles. The van der Waals surface area contributed by atoms with Crippen LogP contribution in [0.3, 0.4) is 0 Å². The monoisotopic (exact) mass is 279 g/mol. The number of phenols is 1. The minimum absolute atomic E-state index is 0.0846. The first-order valence-corrected chi connectivity index (χ1v) is 5.22. The first kappa shape index (κ1) is 13.3. The normalized spacial score (nSPS) is 10.2. The molecule has 2 aromatic rings. The number of aromatic amines is 1. The molecule has 1 aromatic heterocycles. The molecule has 0 spiro atoms. The molecule has 20 heavy (non-hydrogen) atoms. The Balaban J connectivity index is 2.72. The highest BCUT2D eigenvalue weighted by atomic mass is 16.6. The molecule has 0 radical (unpaired) electrons. The Bertz CT molecular complexity index is 695. The molecule has 0 unspecified atom stereocenters. The van der Waals surface area contributed by atoms with Crippen LogP contribution in [0.1, 0.15) is 10.5 Å². The number of phenolic OH excluding ortho intramolecular Hbond substituents is 1. The van der Waals surface area contributed by atoms with Crippen LogP contribution in [0.5, 0.6) is 11.5 Å². The van der Waals surface area contributed by atoms with E-state index in [2.05, 4.69) is 15.4 Å². The number of benzene rings is 1. The van der Waals surface area contributed by atoms with E-state index < -0.39 is 16.6 Å². The molecule has 4 N–H and O–H groups in total. The lowest BCUT2D eigenvalue weighted by Crippen LogP contribution is -2.12. The number of nitro groups is 1. The second-order valence-electron chi connectivity index (χ2n) is 3.69. The minimum atomic E-state index is -0.890. The molecule has 10 nitrogen and oxygen atoms in total. The number of H-pyrrole nitrogens is 1. The molecule has 0 bridgehead atoms. The number of ether oxygens (including phenoxy) is 1. The predicted molar refractivity (Wildman–Crippen MR) is 65.2 cm³/mol. The second-order valence-corrected chi connectivity index (χ2v) is 3.69. The van der Waals surface area contributed by atoms with Gasteiger partial charge in [0.2, 0.25) is 0 Å². The summed E-state index contributed by atoms with van der Waals surface area (Å²) < 4.78 is 4.85. The van der Waals surface area contributed by atoms with Crippen molar-refractivity contribution in [2.24, 2.45) is 5.73 Å². The lowest BCUT2D eigenvalue weighted by atomic mass is 10.1. The lowest BCUT2D eigenvalue weighted by Gasteiger charge is -2.07. The van der Waals surface area contributed by atoms with Crippen LogP contribution in [-0.4, -0.2) is 38.5 Å². The molecule has 0 aliphatic heterocycles. The number of amides is 1. The van der Waals surface area contributed by atoms with Crippen molar-refractivity contribution in [2.45, 2.75) is 0 Å². The van der Waals surface area contributed by atoms with Crippen LogP contribution in [0.25, 0.3) is 11.3 Å². The highest BCUT2D eigenvalue weighted by Gasteiger charge is 2.24. The topological polar surface area (TPSA) is 157 Å². The van der Waals surface area contributed by atoms with E-state index in [0.29, 0.717) is 0 Å². The van der Waals surface area contributed by atoms with Gasteiger partial charge in [-0.2, -0.15) is 15.4 Å². The second kappa shape index (κ2) is 4.84. The van der Waals surface area contributed by atoms with Crippen LogP contribution >= 0.6 is 0 Å². The first-order valence-electron chi connectivity index (χ1n) is 5.22. The number of nitrogens with two attached hydrogens (primary N) is 1. The van der Waals surface area contributed by atoms with E-state index in [0.717, 1.165) is 12.1 Å². The summed E-state index contributed by atoms with van der Waals surface area (Å²) in [5, 5.41) is 30.2. The van der Waals surface area contributed by atoms with Crippen molar-refractivity contribution in [3.63, 3.8) is 0 Å². The van der Waals surface area contributed by atoms with Crippen molar-refractivity contribution in [1.82, 2.24) is 15.4 Å². The number of nitrogens with one attached hydrogen (secondary N) is 1. The fourth-order valence-corrected chi connectivity index (χ4v) is 1.63. The van der Waals surface area contributed by atoms with Gasteiger partial charge in [0.25, 0.3) is 11.6 Å². The van der Waals surface area contributed by atoms with Gasteiger partial charge in [-0.25, -0.2) is 0 Å². The number of hydrogen-bond acceptors (Lipinski definition) is 7. The quantitative estimate of drug-likeness (QED) is 0.532. The van der Waals surface area contributed by atoms with Crippen molar-refractivity contribution in [2.75, 3.05) is 7.11 Å². The van der Waals surface area contributed by atoms with Gasteiger partial charge < -0.3 is 15.6 Å². The Morgan fingerprint density at radius 3 is 2.75 bits per heavy atom. The van der Waals surface area contributed by atoms with E-state index in [4.69, 9.17) is 10.5 Å². The first-order chi connectivity index (χ1) is 9.45. The third-order valence-corrected chi connectivity index (χ3v) is 2.53. The number of nitrogens with zero attached hydrogens (tertiary/aromatic N) is 3. The average Bonchev–Trinajstić information content (AvgIpc) is 2.87. The fraction of sp³-hybridized carbons (Fsp3) is 0.100. The molecule has 2 rings (SSSR count).